The molecule has 140 valence electrons. The predicted molar refractivity (Wildman–Crippen MR) is 98.1 cm³/mol. The number of carbonyl (C=O) groups is 2. The SMILES string of the molecule is O=C(O)C(CNC(=O)C1CC1c1ccc2c(c1)OCCO2)c1ccccc1. The van der Waals surface area contributed by atoms with E-state index < -0.39 is 11.9 Å². The first-order chi connectivity index (χ1) is 13.1. The van der Waals surface area contributed by atoms with Crippen molar-refractivity contribution >= 4 is 11.9 Å². The van der Waals surface area contributed by atoms with E-state index in [4.69, 9.17) is 9.47 Å². The molecule has 2 aromatic rings. The van der Waals surface area contributed by atoms with Crippen LogP contribution in [0.1, 0.15) is 29.4 Å². The molecule has 2 N–H and O–H groups in total. The van der Waals surface area contributed by atoms with E-state index in [0.717, 1.165) is 23.5 Å². The Morgan fingerprint density at radius 1 is 1.07 bits per heavy atom. The standard InChI is InChI=1S/C21H21NO5/c23-20(22-12-17(21(24)25)13-4-2-1-3-5-13)16-11-15(16)14-6-7-18-19(10-14)27-9-8-26-18/h1-7,10,15-17H,8-9,11-12H2,(H,22,23)(H,24,25). The van der Waals surface area contributed by atoms with E-state index in [1.54, 1.807) is 24.3 Å². The Morgan fingerprint density at radius 2 is 1.81 bits per heavy atom. The summed E-state index contributed by atoms with van der Waals surface area (Å²) in [5.74, 6) is -0.323. The molecule has 27 heavy (non-hydrogen) atoms. The number of aliphatic carboxylic acids is 1. The van der Waals surface area contributed by atoms with Crippen LogP contribution in [0.15, 0.2) is 48.5 Å². The first-order valence-electron chi connectivity index (χ1n) is 9.08. The van der Waals surface area contributed by atoms with Gasteiger partial charge in [-0.2, -0.15) is 0 Å². The highest BCUT2D eigenvalue weighted by Gasteiger charge is 2.44. The summed E-state index contributed by atoms with van der Waals surface area (Å²) in [6.07, 6.45) is 0.758. The molecule has 1 fully saturated rings. The Kier molecular flexibility index (Phi) is 4.71. The lowest BCUT2D eigenvalue weighted by Gasteiger charge is -2.19. The van der Waals surface area contributed by atoms with Gasteiger partial charge in [0.05, 0.1) is 5.92 Å². The van der Waals surface area contributed by atoms with Crippen LogP contribution in [-0.4, -0.2) is 36.7 Å². The fourth-order valence-electron chi connectivity index (χ4n) is 3.51. The van der Waals surface area contributed by atoms with Crippen LogP contribution in [0.2, 0.25) is 0 Å². The van der Waals surface area contributed by atoms with E-state index in [9.17, 15) is 14.7 Å². The molecule has 1 saturated carbocycles. The number of carbonyl (C=O) groups excluding carboxylic acids is 1. The van der Waals surface area contributed by atoms with Gasteiger partial charge in [-0.25, -0.2) is 0 Å². The Balaban J connectivity index is 1.36. The van der Waals surface area contributed by atoms with Gasteiger partial charge in [0.1, 0.15) is 13.2 Å². The van der Waals surface area contributed by atoms with Crippen LogP contribution in [0.25, 0.3) is 0 Å². The summed E-state index contributed by atoms with van der Waals surface area (Å²) in [6, 6.07) is 14.7. The Morgan fingerprint density at radius 3 is 2.56 bits per heavy atom. The van der Waals surface area contributed by atoms with Crippen molar-refractivity contribution in [1.82, 2.24) is 5.32 Å². The Hall–Kier alpha value is -3.02. The third-order valence-electron chi connectivity index (χ3n) is 5.10. The lowest BCUT2D eigenvalue weighted by molar-refractivity contribution is -0.138. The molecule has 2 aromatic carbocycles. The van der Waals surface area contributed by atoms with Crippen LogP contribution in [0.5, 0.6) is 11.5 Å². The fraction of sp³-hybridized carbons (Fsp3) is 0.333. The average Bonchev–Trinajstić information content (AvgIpc) is 3.49. The van der Waals surface area contributed by atoms with E-state index in [0.29, 0.717) is 18.8 Å². The molecule has 1 aliphatic heterocycles. The van der Waals surface area contributed by atoms with Crippen LogP contribution in [0, 0.1) is 5.92 Å². The van der Waals surface area contributed by atoms with Crippen molar-refractivity contribution < 1.29 is 24.2 Å². The molecule has 6 heteroatoms. The van der Waals surface area contributed by atoms with Crippen molar-refractivity contribution in [1.29, 1.82) is 0 Å². The minimum absolute atomic E-state index is 0.0859. The van der Waals surface area contributed by atoms with Crippen LogP contribution in [0.3, 0.4) is 0 Å². The van der Waals surface area contributed by atoms with Crippen molar-refractivity contribution in [3.05, 3.63) is 59.7 Å². The van der Waals surface area contributed by atoms with Gasteiger partial charge < -0.3 is 19.9 Å². The molecular formula is C21H21NO5. The lowest BCUT2D eigenvalue weighted by atomic mass is 9.99. The summed E-state index contributed by atoms with van der Waals surface area (Å²) in [7, 11) is 0. The van der Waals surface area contributed by atoms with Crippen molar-refractivity contribution in [3.8, 4) is 11.5 Å². The third kappa shape index (κ3) is 3.74. The maximum Gasteiger partial charge on any atom is 0.312 e. The number of nitrogens with one attached hydrogen (secondary N) is 1. The van der Waals surface area contributed by atoms with Gasteiger partial charge in [0.15, 0.2) is 11.5 Å². The zero-order chi connectivity index (χ0) is 18.8. The summed E-state index contributed by atoms with van der Waals surface area (Å²) in [6.45, 7) is 1.16. The lowest BCUT2D eigenvalue weighted by Crippen LogP contribution is -2.32. The van der Waals surface area contributed by atoms with Gasteiger partial charge in [-0.05, 0) is 35.6 Å². The molecule has 0 saturated heterocycles. The molecule has 1 heterocycles. The molecule has 3 unspecified atom stereocenters. The maximum absolute atomic E-state index is 12.5. The zero-order valence-electron chi connectivity index (χ0n) is 14.8. The van der Waals surface area contributed by atoms with Gasteiger partial charge in [0.2, 0.25) is 5.91 Å². The summed E-state index contributed by atoms with van der Waals surface area (Å²) in [5.41, 5.74) is 1.74. The van der Waals surface area contributed by atoms with Crippen LogP contribution in [-0.2, 0) is 9.59 Å². The van der Waals surface area contributed by atoms with E-state index in [-0.39, 0.29) is 24.3 Å². The van der Waals surface area contributed by atoms with Crippen molar-refractivity contribution in [2.24, 2.45) is 5.92 Å². The van der Waals surface area contributed by atoms with Crippen molar-refractivity contribution in [3.63, 3.8) is 0 Å². The van der Waals surface area contributed by atoms with Crippen molar-refractivity contribution in [2.45, 2.75) is 18.3 Å². The quantitative estimate of drug-likeness (QED) is 0.820. The number of hydrogen-bond acceptors (Lipinski definition) is 4. The first-order valence-corrected chi connectivity index (χ1v) is 9.08. The molecule has 0 radical (unpaired) electrons. The van der Waals surface area contributed by atoms with Crippen LogP contribution >= 0.6 is 0 Å². The van der Waals surface area contributed by atoms with Gasteiger partial charge in [-0.3, -0.25) is 9.59 Å². The highest BCUT2D eigenvalue weighted by atomic mass is 16.6. The molecule has 4 rings (SSSR count). The van der Waals surface area contributed by atoms with Crippen LogP contribution in [0.4, 0.5) is 0 Å². The molecule has 3 atom stereocenters. The summed E-state index contributed by atoms with van der Waals surface area (Å²) in [4.78, 5) is 24.0. The second-order valence-corrected chi connectivity index (χ2v) is 6.90. The van der Waals surface area contributed by atoms with E-state index >= 15 is 0 Å². The number of ether oxygens (including phenoxy) is 2. The van der Waals surface area contributed by atoms with Gasteiger partial charge in [-0.1, -0.05) is 36.4 Å². The van der Waals surface area contributed by atoms with Gasteiger partial charge in [-0.15, -0.1) is 0 Å². The second-order valence-electron chi connectivity index (χ2n) is 6.90. The summed E-state index contributed by atoms with van der Waals surface area (Å²) in [5, 5.41) is 12.3. The monoisotopic (exact) mass is 367 g/mol. The molecule has 2 aliphatic rings. The Bertz CT molecular complexity index is 851. The van der Waals surface area contributed by atoms with Gasteiger partial charge in [0.25, 0.3) is 0 Å². The number of hydrogen-bond donors (Lipinski definition) is 2. The average molecular weight is 367 g/mol. The molecule has 1 aliphatic carbocycles. The molecule has 0 spiro atoms. The highest BCUT2D eigenvalue weighted by molar-refractivity contribution is 5.84. The van der Waals surface area contributed by atoms with E-state index in [2.05, 4.69) is 5.32 Å². The largest absolute Gasteiger partial charge is 0.486 e. The smallest absolute Gasteiger partial charge is 0.312 e. The summed E-state index contributed by atoms with van der Waals surface area (Å²) >= 11 is 0. The van der Waals surface area contributed by atoms with E-state index in [1.807, 2.05) is 24.3 Å². The third-order valence-corrected chi connectivity index (χ3v) is 5.10. The minimum atomic E-state index is -0.944. The summed E-state index contributed by atoms with van der Waals surface area (Å²) < 4.78 is 11.1. The zero-order valence-corrected chi connectivity index (χ0v) is 14.8. The molecule has 1 amide bonds. The minimum Gasteiger partial charge on any atom is -0.486 e. The predicted octanol–water partition coefficient (Wildman–Crippen LogP) is 2.55. The number of carboxylic acid groups (broad SMARTS) is 1. The topological polar surface area (TPSA) is 84.9 Å². The fourth-order valence-corrected chi connectivity index (χ4v) is 3.51. The number of fused-ring (bicyclic) bond motifs is 1. The van der Waals surface area contributed by atoms with Gasteiger partial charge in [0, 0.05) is 12.5 Å². The second kappa shape index (κ2) is 7.31. The first kappa shape index (κ1) is 17.4. The molecule has 0 aromatic heterocycles. The molecule has 0 bridgehead atoms. The maximum atomic E-state index is 12.5. The van der Waals surface area contributed by atoms with E-state index in [1.165, 1.54) is 0 Å². The van der Waals surface area contributed by atoms with Crippen LogP contribution < -0.4 is 14.8 Å². The van der Waals surface area contributed by atoms with Gasteiger partial charge >= 0.3 is 5.97 Å². The number of amides is 1. The number of carboxylic acids is 1. The highest BCUT2D eigenvalue weighted by Crippen LogP contribution is 2.49. The molecule has 6 nitrogen and oxygen atoms in total. The number of rotatable bonds is 6. The molecular weight excluding hydrogens is 346 g/mol. The van der Waals surface area contributed by atoms with Crippen molar-refractivity contribution in [2.75, 3.05) is 19.8 Å². The normalized spacial score (nSPS) is 21.2. The Labute approximate surface area is 157 Å². The number of benzene rings is 2.